The molecule has 0 fully saturated rings. The van der Waals surface area contributed by atoms with Crippen molar-refractivity contribution in [1.29, 1.82) is 0 Å². The minimum atomic E-state index is -3.68. The van der Waals surface area contributed by atoms with Gasteiger partial charge in [0, 0.05) is 15.7 Å². The van der Waals surface area contributed by atoms with Crippen LogP contribution in [-0.4, -0.2) is 19.9 Å². The summed E-state index contributed by atoms with van der Waals surface area (Å²) in [6.45, 7) is 11.6. The molecule has 0 aromatic heterocycles. The number of benzene rings is 2. The highest BCUT2D eigenvalue weighted by Crippen LogP contribution is 2.28. The molecule has 0 atom stereocenters. The van der Waals surface area contributed by atoms with Gasteiger partial charge in [-0.25, -0.2) is 13.1 Å². The van der Waals surface area contributed by atoms with E-state index < -0.39 is 15.6 Å². The smallest absolute Gasteiger partial charge is 0.256 e. The predicted molar refractivity (Wildman–Crippen MR) is 117 cm³/mol. The van der Waals surface area contributed by atoms with Gasteiger partial charge >= 0.3 is 0 Å². The van der Waals surface area contributed by atoms with Gasteiger partial charge in [-0.1, -0.05) is 32.9 Å². The third-order valence-corrected chi connectivity index (χ3v) is 6.33. The molecule has 0 unspecified atom stereocenters. The van der Waals surface area contributed by atoms with Crippen molar-refractivity contribution < 1.29 is 13.2 Å². The van der Waals surface area contributed by atoms with Crippen LogP contribution >= 0.6 is 15.9 Å². The quantitative estimate of drug-likeness (QED) is 0.659. The van der Waals surface area contributed by atoms with Crippen LogP contribution in [0, 0.1) is 0 Å². The molecule has 1 amide bonds. The summed E-state index contributed by atoms with van der Waals surface area (Å²) in [5.41, 5.74) is 1.37. The minimum absolute atomic E-state index is 0.0275. The van der Waals surface area contributed by atoms with Crippen LogP contribution in [0.25, 0.3) is 0 Å². The largest absolute Gasteiger partial charge is 0.322 e. The zero-order valence-electron chi connectivity index (χ0n) is 17.1. The maximum Gasteiger partial charge on any atom is 0.256 e. The Kier molecular flexibility index (Phi) is 6.43. The molecular weight excluding hydrogens is 440 g/mol. The summed E-state index contributed by atoms with van der Waals surface area (Å²) in [6, 6.07) is 11.8. The van der Waals surface area contributed by atoms with E-state index in [1.54, 1.807) is 39.0 Å². The lowest BCUT2D eigenvalue weighted by Crippen LogP contribution is -2.40. The van der Waals surface area contributed by atoms with Crippen LogP contribution in [0.4, 0.5) is 5.69 Å². The second kappa shape index (κ2) is 7.97. The van der Waals surface area contributed by atoms with Crippen molar-refractivity contribution >= 4 is 37.5 Å². The summed E-state index contributed by atoms with van der Waals surface area (Å²) in [5, 5.41) is 2.77. The second-order valence-corrected chi connectivity index (χ2v) is 11.3. The zero-order valence-corrected chi connectivity index (χ0v) is 19.5. The third kappa shape index (κ3) is 5.90. The van der Waals surface area contributed by atoms with Gasteiger partial charge in [-0.3, -0.25) is 4.79 Å². The van der Waals surface area contributed by atoms with E-state index in [2.05, 4.69) is 46.7 Å². The Bertz CT molecular complexity index is 987. The van der Waals surface area contributed by atoms with Crippen LogP contribution in [0.3, 0.4) is 0 Å². The number of nitrogens with one attached hydrogen (secondary N) is 2. The van der Waals surface area contributed by atoms with Crippen LogP contribution in [0.5, 0.6) is 0 Å². The number of carbonyl (C=O) groups is 1. The van der Waals surface area contributed by atoms with Crippen molar-refractivity contribution in [3.8, 4) is 0 Å². The van der Waals surface area contributed by atoms with E-state index >= 15 is 0 Å². The highest BCUT2D eigenvalue weighted by molar-refractivity contribution is 9.10. The molecule has 2 rings (SSSR count). The average Bonchev–Trinajstić information content (AvgIpc) is 2.51. The third-order valence-electron chi connectivity index (χ3n) is 3.92. The summed E-state index contributed by atoms with van der Waals surface area (Å²) in [4.78, 5) is 12.8. The first-order chi connectivity index (χ1) is 12.7. The molecule has 152 valence electrons. The van der Waals surface area contributed by atoms with E-state index in [-0.39, 0.29) is 16.2 Å². The van der Waals surface area contributed by atoms with E-state index in [4.69, 9.17) is 0 Å². The summed E-state index contributed by atoms with van der Waals surface area (Å²) in [6.07, 6.45) is 0. The summed E-state index contributed by atoms with van der Waals surface area (Å²) in [7, 11) is -3.68. The van der Waals surface area contributed by atoms with Crippen molar-refractivity contribution in [2.75, 3.05) is 5.32 Å². The first-order valence-corrected chi connectivity index (χ1v) is 11.2. The number of carbonyl (C=O) groups excluding carboxylic acids is 1. The van der Waals surface area contributed by atoms with Crippen LogP contribution in [0.2, 0.25) is 0 Å². The Morgan fingerprint density at radius 3 is 2.14 bits per heavy atom. The Hall–Kier alpha value is -1.70. The number of rotatable bonds is 4. The molecule has 0 aliphatic carbocycles. The van der Waals surface area contributed by atoms with Crippen LogP contribution in [-0.2, 0) is 15.4 Å². The fourth-order valence-electron chi connectivity index (χ4n) is 2.57. The fourth-order valence-corrected chi connectivity index (χ4v) is 4.59. The fraction of sp³-hybridized carbons (Fsp3) is 0.381. The first-order valence-electron chi connectivity index (χ1n) is 8.94. The molecule has 0 saturated heterocycles. The lowest BCUT2D eigenvalue weighted by atomic mass is 9.86. The summed E-state index contributed by atoms with van der Waals surface area (Å²) in [5.74, 6) is -0.314. The molecule has 0 bridgehead atoms. The Morgan fingerprint density at radius 2 is 1.61 bits per heavy atom. The van der Waals surface area contributed by atoms with Gasteiger partial charge in [0.15, 0.2) is 0 Å². The summed E-state index contributed by atoms with van der Waals surface area (Å²) < 4.78 is 28.3. The SMILES string of the molecule is CC(C)(C)NS(=O)(=O)c1cccc(NC(=O)c2ccc(C(C)(C)C)cc2Br)c1. The standard InChI is InChI=1S/C21H27BrN2O3S/c1-20(2,3)14-10-11-17(18(22)12-14)19(25)23-15-8-7-9-16(13-15)28(26,27)24-21(4,5)6/h7-13,24H,1-6H3,(H,23,25). The number of amides is 1. The minimum Gasteiger partial charge on any atom is -0.322 e. The van der Waals surface area contributed by atoms with Crippen LogP contribution in [0.1, 0.15) is 57.5 Å². The van der Waals surface area contributed by atoms with Crippen LogP contribution < -0.4 is 10.0 Å². The molecule has 0 saturated carbocycles. The molecule has 0 aliphatic rings. The van der Waals surface area contributed by atoms with Gasteiger partial charge in [-0.15, -0.1) is 0 Å². The molecule has 0 aliphatic heterocycles. The highest BCUT2D eigenvalue weighted by atomic mass is 79.9. The number of hydrogen-bond donors (Lipinski definition) is 2. The molecule has 0 radical (unpaired) electrons. The molecule has 5 nitrogen and oxygen atoms in total. The average molecular weight is 467 g/mol. The predicted octanol–water partition coefficient (Wildman–Crippen LogP) is 5.08. The topological polar surface area (TPSA) is 75.3 Å². The van der Waals surface area contributed by atoms with Gasteiger partial charge in [-0.05, 0) is 78.0 Å². The highest BCUT2D eigenvalue weighted by Gasteiger charge is 2.22. The molecule has 28 heavy (non-hydrogen) atoms. The lowest BCUT2D eigenvalue weighted by molar-refractivity contribution is 0.102. The molecule has 2 N–H and O–H groups in total. The lowest BCUT2D eigenvalue weighted by Gasteiger charge is -2.21. The van der Waals surface area contributed by atoms with Gasteiger partial charge in [-0.2, -0.15) is 0 Å². The van der Waals surface area contributed by atoms with Gasteiger partial charge in [0.2, 0.25) is 10.0 Å². The number of halogens is 1. The molecule has 0 heterocycles. The molecular formula is C21H27BrN2O3S. The number of anilines is 1. The Morgan fingerprint density at radius 1 is 0.964 bits per heavy atom. The number of hydrogen-bond acceptors (Lipinski definition) is 3. The van der Waals surface area contributed by atoms with Gasteiger partial charge in [0.1, 0.15) is 0 Å². The van der Waals surface area contributed by atoms with Gasteiger partial charge < -0.3 is 5.32 Å². The van der Waals surface area contributed by atoms with E-state index in [9.17, 15) is 13.2 Å². The van der Waals surface area contributed by atoms with Gasteiger partial charge in [0.25, 0.3) is 5.91 Å². The molecule has 0 spiro atoms. The van der Waals surface area contributed by atoms with E-state index in [1.165, 1.54) is 12.1 Å². The molecule has 7 heteroatoms. The van der Waals surface area contributed by atoms with E-state index in [0.717, 1.165) is 5.56 Å². The van der Waals surface area contributed by atoms with Gasteiger partial charge in [0.05, 0.1) is 10.5 Å². The normalized spacial score (nSPS) is 12.7. The van der Waals surface area contributed by atoms with Crippen molar-refractivity contribution in [2.24, 2.45) is 0 Å². The van der Waals surface area contributed by atoms with E-state index in [1.807, 2.05) is 12.1 Å². The summed E-state index contributed by atoms with van der Waals surface area (Å²) >= 11 is 3.47. The second-order valence-electron chi connectivity index (χ2n) is 8.78. The van der Waals surface area contributed by atoms with Crippen molar-refractivity contribution in [3.05, 3.63) is 58.1 Å². The molecule has 2 aromatic carbocycles. The number of sulfonamides is 1. The Balaban J connectivity index is 2.26. The Labute approximate surface area is 176 Å². The monoisotopic (exact) mass is 466 g/mol. The van der Waals surface area contributed by atoms with Crippen LogP contribution in [0.15, 0.2) is 51.8 Å². The van der Waals surface area contributed by atoms with Crippen molar-refractivity contribution in [1.82, 2.24) is 4.72 Å². The maximum atomic E-state index is 12.7. The first kappa shape index (κ1) is 22.6. The van der Waals surface area contributed by atoms with E-state index in [0.29, 0.717) is 15.7 Å². The van der Waals surface area contributed by atoms with Crippen molar-refractivity contribution in [2.45, 2.75) is 57.4 Å². The maximum absolute atomic E-state index is 12.7. The molecule has 2 aromatic rings. The zero-order chi connectivity index (χ0) is 21.3. The van der Waals surface area contributed by atoms with Crippen molar-refractivity contribution in [3.63, 3.8) is 0 Å².